The smallest absolute Gasteiger partial charge is 0.245 e. The van der Waals surface area contributed by atoms with E-state index >= 15 is 0 Å². The van der Waals surface area contributed by atoms with Crippen LogP contribution in [0.5, 0.6) is 0 Å². The van der Waals surface area contributed by atoms with E-state index in [0.717, 1.165) is 12.8 Å². The van der Waals surface area contributed by atoms with Crippen LogP contribution in [0.25, 0.3) is 10.9 Å². The third-order valence-electron chi connectivity index (χ3n) is 3.62. The molecule has 2 N–H and O–H groups in total. The van der Waals surface area contributed by atoms with E-state index in [1.807, 2.05) is 0 Å². The average molecular weight is 303 g/mol. The summed E-state index contributed by atoms with van der Waals surface area (Å²) in [6.45, 7) is 3.96. The molecule has 0 atom stereocenters. The number of anilines is 1. The van der Waals surface area contributed by atoms with Crippen molar-refractivity contribution in [1.82, 2.24) is 9.29 Å². The number of benzene rings is 1. The first kappa shape index (κ1) is 14.0. The van der Waals surface area contributed by atoms with Gasteiger partial charge in [-0.3, -0.25) is 4.98 Å². The molecular formula is C15H17N3O2S. The van der Waals surface area contributed by atoms with Crippen LogP contribution in [0, 0.1) is 0 Å². The number of nitrogens with two attached hydrogens (primary N) is 1. The lowest BCUT2D eigenvalue weighted by atomic mass is 10.2. The molecule has 0 spiro atoms. The maximum atomic E-state index is 12.9. The van der Waals surface area contributed by atoms with Crippen molar-refractivity contribution < 1.29 is 8.42 Å². The van der Waals surface area contributed by atoms with Gasteiger partial charge >= 0.3 is 0 Å². The second kappa shape index (κ2) is 5.13. The molecule has 0 bridgehead atoms. The van der Waals surface area contributed by atoms with Crippen LogP contribution in [-0.2, 0) is 10.0 Å². The number of hydrogen-bond donors (Lipinski definition) is 1. The summed E-state index contributed by atoms with van der Waals surface area (Å²) < 4.78 is 27.4. The van der Waals surface area contributed by atoms with E-state index in [9.17, 15) is 8.42 Å². The highest BCUT2D eigenvalue weighted by Crippen LogP contribution is 2.34. The third kappa shape index (κ3) is 2.41. The van der Waals surface area contributed by atoms with Gasteiger partial charge in [0.25, 0.3) is 0 Å². The zero-order valence-electron chi connectivity index (χ0n) is 11.6. The van der Waals surface area contributed by atoms with Crippen molar-refractivity contribution in [1.29, 1.82) is 0 Å². The maximum Gasteiger partial charge on any atom is 0.245 e. The number of sulfonamides is 1. The summed E-state index contributed by atoms with van der Waals surface area (Å²) in [5, 5.41) is 0.660. The topological polar surface area (TPSA) is 76.3 Å². The fourth-order valence-electron chi connectivity index (χ4n) is 2.44. The molecule has 0 saturated heterocycles. The largest absolute Gasteiger partial charge is 0.398 e. The van der Waals surface area contributed by atoms with E-state index in [0.29, 0.717) is 23.1 Å². The molecule has 1 aromatic heterocycles. The SMILES string of the molecule is C=CCN(C1CC1)S(=O)(=O)c1ccc(N)c2cccnc12. The molecule has 1 aliphatic carbocycles. The van der Waals surface area contributed by atoms with Crippen molar-refractivity contribution in [3.63, 3.8) is 0 Å². The van der Waals surface area contributed by atoms with Gasteiger partial charge in [0.15, 0.2) is 0 Å². The zero-order chi connectivity index (χ0) is 15.0. The van der Waals surface area contributed by atoms with Gasteiger partial charge in [-0.15, -0.1) is 6.58 Å². The molecule has 21 heavy (non-hydrogen) atoms. The van der Waals surface area contributed by atoms with E-state index in [1.54, 1.807) is 36.5 Å². The number of rotatable bonds is 5. The van der Waals surface area contributed by atoms with Crippen LogP contribution >= 0.6 is 0 Å². The first-order chi connectivity index (χ1) is 10.1. The molecule has 0 amide bonds. The zero-order valence-corrected chi connectivity index (χ0v) is 12.4. The number of aromatic nitrogens is 1. The molecule has 5 nitrogen and oxygen atoms in total. The third-order valence-corrected chi connectivity index (χ3v) is 5.57. The quantitative estimate of drug-likeness (QED) is 0.678. The van der Waals surface area contributed by atoms with E-state index < -0.39 is 10.0 Å². The second-order valence-corrected chi connectivity index (χ2v) is 7.01. The molecule has 6 heteroatoms. The van der Waals surface area contributed by atoms with Crippen molar-refractivity contribution in [3.05, 3.63) is 43.1 Å². The van der Waals surface area contributed by atoms with Crippen molar-refractivity contribution in [3.8, 4) is 0 Å². The average Bonchev–Trinajstić information content (AvgIpc) is 3.29. The van der Waals surface area contributed by atoms with Crippen LogP contribution in [0.2, 0.25) is 0 Å². The highest BCUT2D eigenvalue weighted by molar-refractivity contribution is 7.89. The van der Waals surface area contributed by atoms with Gasteiger partial charge in [-0.2, -0.15) is 4.31 Å². The molecule has 0 radical (unpaired) electrons. The van der Waals surface area contributed by atoms with Gasteiger partial charge in [-0.25, -0.2) is 8.42 Å². The van der Waals surface area contributed by atoms with Gasteiger partial charge < -0.3 is 5.73 Å². The van der Waals surface area contributed by atoms with Gasteiger partial charge in [0.1, 0.15) is 4.90 Å². The number of pyridine rings is 1. The lowest BCUT2D eigenvalue weighted by molar-refractivity contribution is 0.436. The summed E-state index contributed by atoms with van der Waals surface area (Å²) in [7, 11) is -3.60. The summed E-state index contributed by atoms with van der Waals surface area (Å²) in [4.78, 5) is 4.43. The Balaban J connectivity index is 2.19. The predicted octanol–water partition coefficient (Wildman–Crippen LogP) is 2.16. The summed E-state index contributed by atoms with van der Waals surface area (Å²) in [5.41, 5.74) is 6.86. The van der Waals surface area contributed by atoms with E-state index in [1.165, 1.54) is 4.31 Å². The van der Waals surface area contributed by atoms with Crippen molar-refractivity contribution in [2.45, 2.75) is 23.8 Å². The second-order valence-electron chi connectivity index (χ2n) is 5.15. The maximum absolute atomic E-state index is 12.9. The lowest BCUT2D eigenvalue weighted by Crippen LogP contribution is -2.33. The van der Waals surface area contributed by atoms with Crippen LogP contribution < -0.4 is 5.73 Å². The van der Waals surface area contributed by atoms with Crippen LogP contribution in [0.1, 0.15) is 12.8 Å². The minimum Gasteiger partial charge on any atom is -0.398 e. The van der Waals surface area contributed by atoms with Crippen LogP contribution in [0.15, 0.2) is 48.0 Å². The first-order valence-corrected chi connectivity index (χ1v) is 8.25. The van der Waals surface area contributed by atoms with Gasteiger partial charge in [0.05, 0.1) is 5.52 Å². The fraction of sp³-hybridized carbons (Fsp3) is 0.267. The summed E-state index contributed by atoms with van der Waals surface area (Å²) in [6, 6.07) is 6.77. The highest BCUT2D eigenvalue weighted by atomic mass is 32.2. The first-order valence-electron chi connectivity index (χ1n) is 6.81. The molecule has 0 unspecified atom stereocenters. The van der Waals surface area contributed by atoms with Gasteiger partial charge in [0, 0.05) is 29.9 Å². The van der Waals surface area contributed by atoms with Crippen molar-refractivity contribution >= 4 is 26.6 Å². The van der Waals surface area contributed by atoms with Crippen molar-refractivity contribution in [2.24, 2.45) is 0 Å². The number of hydrogen-bond acceptors (Lipinski definition) is 4. The Bertz CT molecular complexity index is 798. The Morgan fingerprint density at radius 3 is 2.81 bits per heavy atom. The fourth-order valence-corrected chi connectivity index (χ4v) is 4.24. The molecule has 1 saturated carbocycles. The highest BCUT2D eigenvalue weighted by Gasteiger charge is 2.38. The number of nitrogen functional groups attached to an aromatic ring is 1. The molecule has 1 aromatic carbocycles. The molecule has 1 heterocycles. The Labute approximate surface area is 124 Å². The Morgan fingerprint density at radius 2 is 2.14 bits per heavy atom. The summed E-state index contributed by atoms with van der Waals surface area (Å²) >= 11 is 0. The predicted molar refractivity (Wildman–Crippen MR) is 83.3 cm³/mol. The van der Waals surface area contributed by atoms with Gasteiger partial charge in [0.2, 0.25) is 10.0 Å². The van der Waals surface area contributed by atoms with E-state index in [4.69, 9.17) is 5.73 Å². The molecule has 0 aliphatic heterocycles. The van der Waals surface area contributed by atoms with Crippen LogP contribution in [-0.4, -0.2) is 30.3 Å². The molecular weight excluding hydrogens is 286 g/mol. The summed E-state index contributed by atoms with van der Waals surface area (Å²) in [6.07, 6.45) is 4.99. The number of nitrogens with zero attached hydrogens (tertiary/aromatic N) is 2. The molecule has 1 aliphatic rings. The van der Waals surface area contributed by atoms with Crippen molar-refractivity contribution in [2.75, 3.05) is 12.3 Å². The van der Waals surface area contributed by atoms with Gasteiger partial charge in [-0.1, -0.05) is 6.08 Å². The number of fused-ring (bicyclic) bond motifs is 1. The normalized spacial score (nSPS) is 15.5. The van der Waals surface area contributed by atoms with E-state index in [-0.39, 0.29) is 10.9 Å². The summed E-state index contributed by atoms with van der Waals surface area (Å²) in [5.74, 6) is 0. The van der Waals surface area contributed by atoms with Crippen LogP contribution in [0.3, 0.4) is 0 Å². The molecule has 110 valence electrons. The molecule has 2 aromatic rings. The molecule has 1 fully saturated rings. The standard InChI is InChI=1S/C15H17N3O2S/c1-2-10-18(11-5-6-11)21(19,20)14-8-7-13(16)12-4-3-9-17-15(12)14/h2-4,7-9,11H,1,5-6,10,16H2. The van der Waals surface area contributed by atoms with Gasteiger partial charge in [-0.05, 0) is 37.1 Å². The monoisotopic (exact) mass is 303 g/mol. The Morgan fingerprint density at radius 1 is 1.38 bits per heavy atom. The Hall–Kier alpha value is -1.92. The lowest BCUT2D eigenvalue weighted by Gasteiger charge is -2.21. The van der Waals surface area contributed by atoms with E-state index in [2.05, 4.69) is 11.6 Å². The molecule has 3 rings (SSSR count). The Kier molecular flexibility index (Phi) is 3.43. The minimum absolute atomic E-state index is 0.0734. The minimum atomic E-state index is -3.60. The van der Waals surface area contributed by atoms with Crippen LogP contribution in [0.4, 0.5) is 5.69 Å².